The van der Waals surface area contributed by atoms with Crippen molar-refractivity contribution in [2.24, 2.45) is 0 Å². The van der Waals surface area contributed by atoms with Gasteiger partial charge in [-0.2, -0.15) is 0 Å². The average Bonchev–Trinajstić information content (AvgIpc) is 2.83. The molecule has 1 N–H and O–H groups in total. The highest BCUT2D eigenvalue weighted by Crippen LogP contribution is 2.42. The molecule has 5 heteroatoms. The zero-order valence-electron chi connectivity index (χ0n) is 22.8. The van der Waals surface area contributed by atoms with Gasteiger partial charge in [-0.15, -0.1) is 0 Å². The predicted molar refractivity (Wildman–Crippen MR) is 152 cm³/mol. The number of benzene rings is 3. The minimum atomic E-state index is -1.69. The zero-order chi connectivity index (χ0) is 27.1. The molecule has 1 aliphatic rings. The Hall–Kier alpha value is -3.44. The second-order valence-electron chi connectivity index (χ2n) is 11.9. The number of hydrogen-bond acceptors (Lipinski definition) is 3. The molecule has 0 spiro atoms. The minimum Gasteiger partial charge on any atom is -0.478 e. The molecule has 3 aromatic carbocycles. The first kappa shape index (κ1) is 26.6. The molecular weight excluding hydrogens is 476 g/mol. The van der Waals surface area contributed by atoms with Crippen molar-refractivity contribution in [1.82, 2.24) is 0 Å². The van der Waals surface area contributed by atoms with Crippen molar-refractivity contribution in [3.8, 4) is 5.75 Å². The normalized spacial score (nSPS) is 15.4. The molecule has 192 valence electrons. The van der Waals surface area contributed by atoms with E-state index >= 15 is 0 Å². The van der Waals surface area contributed by atoms with Crippen LogP contribution in [0.3, 0.4) is 0 Å². The van der Waals surface area contributed by atoms with Crippen LogP contribution in [-0.4, -0.2) is 25.1 Å². The third-order valence-corrected chi connectivity index (χ3v) is 10.6. The third-order valence-electron chi connectivity index (χ3n) is 7.68. The van der Waals surface area contributed by atoms with E-state index in [9.17, 15) is 14.7 Å². The van der Waals surface area contributed by atoms with Crippen LogP contribution in [0.5, 0.6) is 5.75 Å². The minimum absolute atomic E-state index is 0.0412. The summed E-state index contributed by atoms with van der Waals surface area (Å²) < 4.78 is 5.80. The lowest BCUT2D eigenvalue weighted by atomic mass is 9.72. The fraction of sp³-hybridized carbons (Fsp3) is 0.312. The van der Waals surface area contributed by atoms with Gasteiger partial charge in [0.2, 0.25) is 0 Å². The number of carboxylic acid groups (broad SMARTS) is 1. The molecule has 0 radical (unpaired) electrons. The van der Waals surface area contributed by atoms with Gasteiger partial charge in [-0.25, -0.2) is 9.59 Å². The van der Waals surface area contributed by atoms with E-state index in [-0.39, 0.29) is 16.5 Å². The average molecular weight is 513 g/mol. The van der Waals surface area contributed by atoms with Gasteiger partial charge in [0.15, 0.2) is 0 Å². The molecule has 1 unspecified atom stereocenters. The van der Waals surface area contributed by atoms with E-state index in [1.807, 2.05) is 18.2 Å². The fourth-order valence-corrected chi connectivity index (χ4v) is 6.03. The van der Waals surface area contributed by atoms with Gasteiger partial charge in [0.1, 0.15) is 5.75 Å². The Bertz CT molecular complexity index is 1390. The highest BCUT2D eigenvalue weighted by Gasteiger charge is 2.30. The summed E-state index contributed by atoms with van der Waals surface area (Å²) in [5, 5.41) is 9.72. The number of hydrogen-bond donors (Lipinski definition) is 1. The van der Waals surface area contributed by atoms with Crippen LogP contribution < -0.4 is 4.74 Å². The number of esters is 1. The molecule has 0 aromatic heterocycles. The van der Waals surface area contributed by atoms with Crippen molar-refractivity contribution >= 4 is 25.6 Å². The molecule has 0 heterocycles. The predicted octanol–water partition coefficient (Wildman–Crippen LogP) is 8.01. The topological polar surface area (TPSA) is 63.6 Å². The van der Waals surface area contributed by atoms with Crippen LogP contribution in [-0.2, 0) is 5.41 Å². The van der Waals surface area contributed by atoms with Crippen LogP contribution in [0.2, 0.25) is 19.6 Å². The summed E-state index contributed by atoms with van der Waals surface area (Å²) in [6, 6.07) is 19.1. The standard InChI is InChI=1S/C32H36O4Si/c1-20-8-10-22(11-9-20)25-16-17-32(3,4)29-15-12-23(18-28(25)29)31(35)36-24-13-14-26(30(33)34)27(19-24)21(2)37(5,6)7/h8-16,18-19,21H,17H2,1-7H3,(H,33,34). The van der Waals surface area contributed by atoms with Gasteiger partial charge in [0.25, 0.3) is 0 Å². The van der Waals surface area contributed by atoms with Gasteiger partial charge in [-0.05, 0) is 82.5 Å². The van der Waals surface area contributed by atoms with Crippen LogP contribution in [0.25, 0.3) is 5.57 Å². The van der Waals surface area contributed by atoms with Gasteiger partial charge in [0, 0.05) is 0 Å². The number of fused-ring (bicyclic) bond motifs is 1. The summed E-state index contributed by atoms with van der Waals surface area (Å²) in [6.07, 6.45) is 3.18. The van der Waals surface area contributed by atoms with E-state index < -0.39 is 20.0 Å². The van der Waals surface area contributed by atoms with E-state index in [1.165, 1.54) is 11.1 Å². The van der Waals surface area contributed by atoms with Crippen molar-refractivity contribution in [2.45, 2.75) is 64.7 Å². The lowest BCUT2D eigenvalue weighted by Gasteiger charge is -2.32. The lowest BCUT2D eigenvalue weighted by molar-refractivity contribution is 0.0695. The van der Waals surface area contributed by atoms with E-state index in [2.05, 4.69) is 77.7 Å². The van der Waals surface area contributed by atoms with Crippen LogP contribution in [0.1, 0.15) is 81.3 Å². The van der Waals surface area contributed by atoms with E-state index in [0.29, 0.717) is 16.9 Å². The van der Waals surface area contributed by atoms with Gasteiger partial charge >= 0.3 is 11.9 Å². The second-order valence-corrected chi connectivity index (χ2v) is 17.5. The molecule has 0 saturated heterocycles. The summed E-state index contributed by atoms with van der Waals surface area (Å²) in [6.45, 7) is 15.2. The maximum Gasteiger partial charge on any atom is 0.343 e. The van der Waals surface area contributed by atoms with Crippen LogP contribution in [0, 0.1) is 6.92 Å². The summed E-state index contributed by atoms with van der Waals surface area (Å²) in [7, 11) is -1.69. The van der Waals surface area contributed by atoms with Crippen molar-refractivity contribution in [3.05, 3.63) is 106 Å². The summed E-state index contributed by atoms with van der Waals surface area (Å²) in [4.78, 5) is 25.2. The third kappa shape index (κ3) is 5.47. The Morgan fingerprint density at radius 3 is 2.27 bits per heavy atom. The Morgan fingerprint density at radius 1 is 0.973 bits per heavy atom. The molecule has 0 saturated carbocycles. The first-order valence-corrected chi connectivity index (χ1v) is 16.4. The quantitative estimate of drug-likeness (QED) is 0.206. The van der Waals surface area contributed by atoms with Gasteiger partial charge in [-0.1, -0.05) is 82.4 Å². The number of allylic oxidation sites excluding steroid dienone is 1. The fourth-order valence-electron chi connectivity index (χ4n) is 4.86. The number of aromatic carboxylic acids is 1. The Kier molecular flexibility index (Phi) is 7.04. The molecule has 4 nitrogen and oxygen atoms in total. The Balaban J connectivity index is 1.70. The van der Waals surface area contributed by atoms with Crippen molar-refractivity contribution in [3.63, 3.8) is 0 Å². The van der Waals surface area contributed by atoms with E-state index in [0.717, 1.165) is 23.1 Å². The highest BCUT2D eigenvalue weighted by molar-refractivity contribution is 6.77. The Morgan fingerprint density at radius 2 is 1.65 bits per heavy atom. The van der Waals surface area contributed by atoms with Gasteiger partial charge in [-0.3, -0.25) is 0 Å². The molecule has 0 amide bonds. The van der Waals surface area contributed by atoms with Crippen LogP contribution in [0.4, 0.5) is 0 Å². The lowest BCUT2D eigenvalue weighted by Crippen LogP contribution is -2.30. The maximum absolute atomic E-state index is 13.3. The molecular formula is C32H36O4Si. The number of rotatable bonds is 6. The molecule has 0 aliphatic heterocycles. The van der Waals surface area contributed by atoms with Crippen molar-refractivity contribution < 1.29 is 19.4 Å². The number of ether oxygens (including phenoxy) is 1. The monoisotopic (exact) mass is 512 g/mol. The Labute approximate surface area is 221 Å². The van der Waals surface area contributed by atoms with Crippen molar-refractivity contribution in [2.75, 3.05) is 0 Å². The smallest absolute Gasteiger partial charge is 0.343 e. The van der Waals surface area contributed by atoms with Crippen molar-refractivity contribution in [1.29, 1.82) is 0 Å². The molecule has 3 aromatic rings. The first-order chi connectivity index (χ1) is 17.3. The zero-order valence-corrected chi connectivity index (χ0v) is 23.8. The summed E-state index contributed by atoms with van der Waals surface area (Å²) in [5.41, 5.74) is 7.20. The first-order valence-electron chi connectivity index (χ1n) is 12.8. The SMILES string of the molecule is Cc1ccc(C2=CCC(C)(C)c3ccc(C(=O)Oc4ccc(C(=O)O)c(C(C)[Si](C)(C)C)c4)cc32)cc1. The number of carbonyl (C=O) groups excluding carboxylic acids is 1. The van der Waals surface area contributed by atoms with Gasteiger partial charge < -0.3 is 9.84 Å². The number of carboxylic acids is 1. The molecule has 37 heavy (non-hydrogen) atoms. The van der Waals surface area contributed by atoms with E-state index in [1.54, 1.807) is 18.2 Å². The molecule has 0 fully saturated rings. The van der Waals surface area contributed by atoms with Crippen LogP contribution >= 0.6 is 0 Å². The van der Waals surface area contributed by atoms with E-state index in [4.69, 9.17) is 4.74 Å². The molecule has 1 atom stereocenters. The molecule has 0 bridgehead atoms. The number of aryl methyl sites for hydroxylation is 1. The molecule has 4 rings (SSSR count). The number of carbonyl (C=O) groups is 2. The summed E-state index contributed by atoms with van der Waals surface area (Å²) in [5.74, 6) is -1.06. The highest BCUT2D eigenvalue weighted by atomic mass is 28.3. The maximum atomic E-state index is 13.3. The largest absolute Gasteiger partial charge is 0.478 e. The van der Waals surface area contributed by atoms with Gasteiger partial charge in [0.05, 0.1) is 19.2 Å². The second kappa shape index (κ2) is 9.79. The molecule has 1 aliphatic carbocycles. The summed E-state index contributed by atoms with van der Waals surface area (Å²) >= 11 is 0. The van der Waals surface area contributed by atoms with Crippen LogP contribution in [0.15, 0.2) is 66.7 Å².